The summed E-state index contributed by atoms with van der Waals surface area (Å²) in [6.07, 6.45) is 0.972. The van der Waals surface area contributed by atoms with Crippen LogP contribution in [0, 0.1) is 5.82 Å². The molecule has 1 amide bonds. The van der Waals surface area contributed by atoms with Gasteiger partial charge in [-0.05, 0) is 36.7 Å². The first kappa shape index (κ1) is 14.5. The van der Waals surface area contributed by atoms with Crippen LogP contribution in [0.25, 0.3) is 0 Å². The Bertz CT molecular complexity index is 528. The summed E-state index contributed by atoms with van der Waals surface area (Å²) in [5.41, 5.74) is 1.87. The molecule has 4 nitrogen and oxygen atoms in total. The Morgan fingerprint density at radius 3 is 2.86 bits per heavy atom. The summed E-state index contributed by atoms with van der Waals surface area (Å²) in [5, 5.41) is 3.34. The highest BCUT2D eigenvalue weighted by molar-refractivity contribution is 5.94. The number of hydrogen-bond acceptors (Lipinski definition) is 3. The molecule has 1 unspecified atom stereocenters. The van der Waals surface area contributed by atoms with Gasteiger partial charge in [0.25, 0.3) is 0 Å². The highest BCUT2D eigenvalue weighted by atomic mass is 19.1. The molecule has 0 bridgehead atoms. The second-order valence-corrected chi connectivity index (χ2v) is 5.91. The van der Waals surface area contributed by atoms with Crippen LogP contribution in [-0.2, 0) is 4.79 Å². The normalized spacial score (nSPS) is 22.4. The number of carbonyl (C=O) groups is 1. The smallest absolute Gasteiger partial charge is 0.223 e. The van der Waals surface area contributed by atoms with Gasteiger partial charge >= 0.3 is 0 Å². The number of nitrogens with one attached hydrogen (secondary N) is 1. The van der Waals surface area contributed by atoms with Crippen LogP contribution in [-0.4, -0.2) is 50.1 Å². The SMILES string of the molecule is CC(=O)N1CC(CCN2CCNCC2)c2cc(F)ccc21. The first-order valence-electron chi connectivity index (χ1n) is 7.66. The molecule has 3 rings (SSSR count). The van der Waals surface area contributed by atoms with Gasteiger partial charge in [0.1, 0.15) is 5.82 Å². The van der Waals surface area contributed by atoms with Gasteiger partial charge < -0.3 is 15.1 Å². The Balaban J connectivity index is 1.71. The maximum absolute atomic E-state index is 13.5. The van der Waals surface area contributed by atoms with E-state index >= 15 is 0 Å². The fourth-order valence-electron chi connectivity index (χ4n) is 3.33. The van der Waals surface area contributed by atoms with Gasteiger partial charge in [-0.15, -0.1) is 0 Å². The van der Waals surface area contributed by atoms with E-state index in [0.717, 1.165) is 50.4 Å². The van der Waals surface area contributed by atoms with Gasteiger partial charge in [-0.1, -0.05) is 0 Å². The van der Waals surface area contributed by atoms with Crippen molar-refractivity contribution < 1.29 is 9.18 Å². The molecule has 0 saturated carbocycles. The van der Waals surface area contributed by atoms with E-state index in [4.69, 9.17) is 0 Å². The Kier molecular flexibility index (Phi) is 4.22. The topological polar surface area (TPSA) is 35.6 Å². The number of fused-ring (bicyclic) bond motifs is 1. The van der Waals surface area contributed by atoms with Crippen LogP contribution in [0.3, 0.4) is 0 Å². The molecule has 2 heterocycles. The number of halogens is 1. The van der Waals surface area contributed by atoms with E-state index in [1.165, 1.54) is 6.07 Å². The van der Waals surface area contributed by atoms with Crippen LogP contribution in [0.5, 0.6) is 0 Å². The van der Waals surface area contributed by atoms with Crippen LogP contribution in [0.1, 0.15) is 24.8 Å². The molecule has 1 aromatic rings. The van der Waals surface area contributed by atoms with E-state index in [-0.39, 0.29) is 17.6 Å². The van der Waals surface area contributed by atoms with E-state index < -0.39 is 0 Å². The zero-order valence-electron chi connectivity index (χ0n) is 12.4. The summed E-state index contributed by atoms with van der Waals surface area (Å²) >= 11 is 0. The predicted octanol–water partition coefficient (Wildman–Crippen LogP) is 1.57. The third kappa shape index (κ3) is 3.09. The summed E-state index contributed by atoms with van der Waals surface area (Å²) in [7, 11) is 0. The molecule has 1 aromatic carbocycles. The molecule has 1 atom stereocenters. The lowest BCUT2D eigenvalue weighted by Crippen LogP contribution is -2.44. The van der Waals surface area contributed by atoms with Crippen molar-refractivity contribution in [1.29, 1.82) is 0 Å². The lowest BCUT2D eigenvalue weighted by molar-refractivity contribution is -0.116. The van der Waals surface area contributed by atoms with Crippen LogP contribution >= 0.6 is 0 Å². The van der Waals surface area contributed by atoms with E-state index in [2.05, 4.69) is 10.2 Å². The molecule has 0 spiro atoms. The number of piperazine rings is 1. The minimum absolute atomic E-state index is 0.0348. The van der Waals surface area contributed by atoms with E-state index in [1.54, 1.807) is 24.0 Å². The third-order valence-corrected chi connectivity index (χ3v) is 4.51. The molecule has 5 heteroatoms. The minimum atomic E-state index is -0.216. The standard InChI is InChI=1S/C16H22FN3O/c1-12(21)20-11-13(4-7-19-8-5-18-6-9-19)15-10-14(17)2-3-16(15)20/h2-3,10,13,18H,4-9,11H2,1H3. The van der Waals surface area contributed by atoms with Crippen molar-refractivity contribution in [3.05, 3.63) is 29.6 Å². The maximum atomic E-state index is 13.5. The zero-order chi connectivity index (χ0) is 14.8. The van der Waals surface area contributed by atoms with Crippen molar-refractivity contribution in [2.45, 2.75) is 19.3 Å². The van der Waals surface area contributed by atoms with Crippen molar-refractivity contribution in [2.24, 2.45) is 0 Å². The Morgan fingerprint density at radius 2 is 2.14 bits per heavy atom. The van der Waals surface area contributed by atoms with Gasteiger partial charge in [-0.25, -0.2) is 4.39 Å². The Labute approximate surface area is 124 Å². The van der Waals surface area contributed by atoms with Crippen molar-refractivity contribution >= 4 is 11.6 Å². The molecule has 1 N–H and O–H groups in total. The van der Waals surface area contributed by atoms with Gasteiger partial charge in [0.2, 0.25) is 5.91 Å². The number of carbonyl (C=O) groups excluding carboxylic acids is 1. The molecule has 0 aromatic heterocycles. The first-order valence-corrected chi connectivity index (χ1v) is 7.66. The fraction of sp³-hybridized carbons (Fsp3) is 0.562. The van der Waals surface area contributed by atoms with Gasteiger partial charge in [0.15, 0.2) is 0 Å². The molecule has 114 valence electrons. The molecule has 2 aliphatic heterocycles. The minimum Gasteiger partial charge on any atom is -0.314 e. The monoisotopic (exact) mass is 291 g/mol. The summed E-state index contributed by atoms with van der Waals surface area (Å²) in [6, 6.07) is 4.77. The average molecular weight is 291 g/mol. The van der Waals surface area contributed by atoms with Crippen LogP contribution < -0.4 is 10.2 Å². The number of anilines is 1. The molecule has 21 heavy (non-hydrogen) atoms. The summed E-state index contributed by atoms with van der Waals surface area (Å²) in [6.45, 7) is 7.48. The van der Waals surface area contributed by atoms with Gasteiger partial charge in [-0.3, -0.25) is 4.79 Å². The number of amides is 1. The predicted molar refractivity (Wildman–Crippen MR) is 81.1 cm³/mol. The molecule has 1 fully saturated rings. The number of nitrogens with zero attached hydrogens (tertiary/aromatic N) is 2. The van der Waals surface area contributed by atoms with Crippen LogP contribution in [0.15, 0.2) is 18.2 Å². The lowest BCUT2D eigenvalue weighted by atomic mass is 9.97. The van der Waals surface area contributed by atoms with Crippen LogP contribution in [0.4, 0.5) is 10.1 Å². The average Bonchev–Trinajstić information content (AvgIpc) is 2.84. The quantitative estimate of drug-likeness (QED) is 0.918. The van der Waals surface area contributed by atoms with Crippen molar-refractivity contribution in [3.63, 3.8) is 0 Å². The summed E-state index contributed by atoms with van der Waals surface area (Å²) in [4.78, 5) is 16.0. The molecular formula is C16H22FN3O. The third-order valence-electron chi connectivity index (χ3n) is 4.51. The maximum Gasteiger partial charge on any atom is 0.223 e. The van der Waals surface area contributed by atoms with Crippen molar-refractivity contribution in [1.82, 2.24) is 10.2 Å². The summed E-state index contributed by atoms with van der Waals surface area (Å²) in [5.74, 6) is 0.0633. The van der Waals surface area contributed by atoms with E-state index in [0.29, 0.717) is 6.54 Å². The number of benzene rings is 1. The Morgan fingerprint density at radius 1 is 1.38 bits per heavy atom. The molecule has 0 radical (unpaired) electrons. The highest BCUT2D eigenvalue weighted by Crippen LogP contribution is 2.38. The lowest BCUT2D eigenvalue weighted by Gasteiger charge is -2.28. The Hall–Kier alpha value is -1.46. The highest BCUT2D eigenvalue weighted by Gasteiger charge is 2.31. The largest absolute Gasteiger partial charge is 0.314 e. The van der Waals surface area contributed by atoms with Crippen molar-refractivity contribution in [3.8, 4) is 0 Å². The molecule has 2 aliphatic rings. The van der Waals surface area contributed by atoms with Crippen LogP contribution in [0.2, 0.25) is 0 Å². The number of rotatable bonds is 3. The second kappa shape index (κ2) is 6.12. The first-order chi connectivity index (χ1) is 10.1. The molecular weight excluding hydrogens is 269 g/mol. The van der Waals surface area contributed by atoms with E-state index in [9.17, 15) is 9.18 Å². The molecule has 1 saturated heterocycles. The van der Waals surface area contributed by atoms with Gasteiger partial charge in [-0.2, -0.15) is 0 Å². The van der Waals surface area contributed by atoms with E-state index in [1.807, 2.05) is 0 Å². The fourth-order valence-corrected chi connectivity index (χ4v) is 3.33. The van der Waals surface area contributed by atoms with Gasteiger partial charge in [0, 0.05) is 51.3 Å². The molecule has 0 aliphatic carbocycles. The van der Waals surface area contributed by atoms with Gasteiger partial charge in [0.05, 0.1) is 0 Å². The zero-order valence-corrected chi connectivity index (χ0v) is 12.4. The second-order valence-electron chi connectivity index (χ2n) is 5.91. The summed E-state index contributed by atoms with van der Waals surface area (Å²) < 4.78 is 13.5. The van der Waals surface area contributed by atoms with Crippen molar-refractivity contribution in [2.75, 3.05) is 44.2 Å². The number of hydrogen-bond donors (Lipinski definition) is 1.